The van der Waals surface area contributed by atoms with Crippen molar-refractivity contribution in [3.63, 3.8) is 0 Å². The second-order valence-electron chi connectivity index (χ2n) is 7.36. The molecule has 2 aromatic heterocycles. The van der Waals surface area contributed by atoms with Crippen molar-refractivity contribution < 1.29 is 18.3 Å². The van der Waals surface area contributed by atoms with Gasteiger partial charge in [-0.25, -0.2) is 23.5 Å². The lowest BCUT2D eigenvalue weighted by atomic mass is 10.1. The van der Waals surface area contributed by atoms with Gasteiger partial charge in [-0.3, -0.25) is 9.36 Å². The van der Waals surface area contributed by atoms with Gasteiger partial charge < -0.3 is 9.64 Å². The number of fused-ring (bicyclic) bond motifs is 1. The summed E-state index contributed by atoms with van der Waals surface area (Å²) in [5.74, 6) is -0.915. The average molecular weight is 400 g/mol. The fraction of sp³-hybridized carbons (Fsp3) is 0.647. The third-order valence-electron chi connectivity index (χ3n) is 4.23. The number of carbonyl (C=O) groups is 1. The molecule has 0 aliphatic carbocycles. The van der Waals surface area contributed by atoms with Gasteiger partial charge in [0.1, 0.15) is 11.6 Å². The van der Waals surface area contributed by atoms with Crippen LogP contribution in [-0.4, -0.2) is 38.7 Å². The maximum atomic E-state index is 13.2. The molecular formula is C17H22F2N4O3S. The van der Waals surface area contributed by atoms with Gasteiger partial charge in [0.2, 0.25) is 0 Å². The highest BCUT2D eigenvalue weighted by atomic mass is 32.1. The highest BCUT2D eigenvalue weighted by Crippen LogP contribution is 2.33. The molecule has 0 bridgehead atoms. The molecule has 1 fully saturated rings. The first-order valence-corrected chi connectivity index (χ1v) is 9.63. The number of halogens is 2. The van der Waals surface area contributed by atoms with Crippen LogP contribution in [0.4, 0.5) is 13.9 Å². The largest absolute Gasteiger partial charge is 0.458 e. The van der Waals surface area contributed by atoms with E-state index in [2.05, 4.69) is 9.97 Å². The lowest BCUT2D eigenvalue weighted by molar-refractivity contribution is -0.156. The van der Waals surface area contributed by atoms with E-state index >= 15 is 0 Å². The number of anilines is 1. The predicted molar refractivity (Wildman–Crippen MR) is 98.5 cm³/mol. The maximum absolute atomic E-state index is 13.2. The van der Waals surface area contributed by atoms with Crippen LogP contribution < -0.4 is 10.5 Å². The van der Waals surface area contributed by atoms with Crippen LogP contribution in [0.5, 0.6) is 0 Å². The minimum atomic E-state index is -2.85. The summed E-state index contributed by atoms with van der Waals surface area (Å²) in [7, 11) is 0. The summed E-state index contributed by atoms with van der Waals surface area (Å²) in [6.07, 6.45) is -1.47. The Morgan fingerprint density at radius 2 is 2.07 bits per heavy atom. The van der Waals surface area contributed by atoms with Crippen molar-refractivity contribution in [3.8, 4) is 0 Å². The monoisotopic (exact) mass is 400 g/mol. The first-order chi connectivity index (χ1) is 12.6. The standard InChI is InChI=1S/C17H22F2N4O3S/c1-5-22-12(11(18)19)21-13-10(14(22)24)20-16(27-13)23-8-6-7-9(23)15(25)26-17(2,3)4/h9,11H,5-8H2,1-4H3. The van der Waals surface area contributed by atoms with Crippen LogP contribution in [-0.2, 0) is 16.1 Å². The van der Waals surface area contributed by atoms with Crippen LogP contribution in [0.3, 0.4) is 0 Å². The van der Waals surface area contributed by atoms with E-state index in [-0.39, 0.29) is 22.9 Å². The quantitative estimate of drug-likeness (QED) is 0.734. The number of hydrogen-bond acceptors (Lipinski definition) is 7. The fourth-order valence-electron chi connectivity index (χ4n) is 3.12. The van der Waals surface area contributed by atoms with Gasteiger partial charge in [-0.2, -0.15) is 0 Å². The summed E-state index contributed by atoms with van der Waals surface area (Å²) in [6.45, 7) is 7.65. The number of esters is 1. The van der Waals surface area contributed by atoms with E-state index in [1.165, 1.54) is 0 Å². The van der Waals surface area contributed by atoms with E-state index in [0.29, 0.717) is 18.1 Å². The lowest BCUT2D eigenvalue weighted by Crippen LogP contribution is -2.40. The number of hydrogen-bond donors (Lipinski definition) is 0. The summed E-state index contributed by atoms with van der Waals surface area (Å²) in [5, 5.41) is 0.428. The Labute approximate surface area is 159 Å². The Kier molecular flexibility index (Phi) is 5.20. The van der Waals surface area contributed by atoms with Crippen molar-refractivity contribution in [1.82, 2.24) is 14.5 Å². The van der Waals surface area contributed by atoms with Crippen molar-refractivity contribution in [3.05, 3.63) is 16.2 Å². The van der Waals surface area contributed by atoms with E-state index in [1.54, 1.807) is 32.6 Å². The number of nitrogens with zero attached hydrogens (tertiary/aromatic N) is 4. The SMILES string of the molecule is CCn1c(C(F)F)nc2sc(N3CCCC3C(=O)OC(C)(C)C)nc2c1=O. The Morgan fingerprint density at radius 1 is 1.37 bits per heavy atom. The molecule has 1 aliphatic rings. The number of rotatable bonds is 4. The molecular weight excluding hydrogens is 378 g/mol. The van der Waals surface area contributed by atoms with E-state index < -0.39 is 29.5 Å². The molecule has 1 atom stereocenters. The zero-order valence-corrected chi connectivity index (χ0v) is 16.5. The van der Waals surface area contributed by atoms with Gasteiger partial charge in [0.15, 0.2) is 21.3 Å². The molecule has 1 saturated heterocycles. The van der Waals surface area contributed by atoms with Crippen LogP contribution in [0.15, 0.2) is 4.79 Å². The molecule has 3 rings (SSSR count). The van der Waals surface area contributed by atoms with Crippen molar-refractivity contribution in [2.75, 3.05) is 11.4 Å². The molecule has 3 heterocycles. The fourth-order valence-corrected chi connectivity index (χ4v) is 4.13. The van der Waals surface area contributed by atoms with Gasteiger partial charge in [-0.1, -0.05) is 11.3 Å². The lowest BCUT2D eigenvalue weighted by Gasteiger charge is -2.26. The molecule has 148 valence electrons. The first kappa shape index (κ1) is 19.7. The molecule has 0 N–H and O–H groups in total. The van der Waals surface area contributed by atoms with Gasteiger partial charge in [0, 0.05) is 13.1 Å². The third kappa shape index (κ3) is 3.80. The first-order valence-electron chi connectivity index (χ1n) is 8.81. The number of thiazole rings is 1. The topological polar surface area (TPSA) is 77.3 Å². The van der Waals surface area contributed by atoms with E-state index in [1.807, 2.05) is 0 Å². The third-order valence-corrected chi connectivity index (χ3v) is 5.21. The van der Waals surface area contributed by atoms with Gasteiger partial charge in [0.05, 0.1) is 0 Å². The summed E-state index contributed by atoms with van der Waals surface area (Å²) in [4.78, 5) is 35.3. The second-order valence-corrected chi connectivity index (χ2v) is 8.31. The summed E-state index contributed by atoms with van der Waals surface area (Å²) in [6, 6.07) is -0.507. The van der Waals surface area contributed by atoms with Crippen LogP contribution in [0.25, 0.3) is 10.3 Å². The van der Waals surface area contributed by atoms with E-state index in [9.17, 15) is 18.4 Å². The van der Waals surface area contributed by atoms with E-state index in [4.69, 9.17) is 4.74 Å². The number of ether oxygens (including phenoxy) is 1. The molecule has 2 aromatic rings. The molecule has 0 aromatic carbocycles. The zero-order valence-electron chi connectivity index (χ0n) is 15.7. The minimum Gasteiger partial charge on any atom is -0.458 e. The van der Waals surface area contributed by atoms with Gasteiger partial charge in [-0.05, 0) is 40.5 Å². The zero-order chi connectivity index (χ0) is 19.9. The highest BCUT2D eigenvalue weighted by molar-refractivity contribution is 7.21. The van der Waals surface area contributed by atoms with Crippen molar-refractivity contribution in [1.29, 1.82) is 0 Å². The van der Waals surface area contributed by atoms with Gasteiger partial charge in [0.25, 0.3) is 12.0 Å². The smallest absolute Gasteiger partial charge is 0.329 e. The summed E-state index contributed by atoms with van der Waals surface area (Å²) in [5.41, 5.74) is -1.15. The average Bonchev–Trinajstić information content (AvgIpc) is 3.19. The Hall–Kier alpha value is -2.10. The Bertz CT molecular complexity index is 919. The van der Waals surface area contributed by atoms with Gasteiger partial charge >= 0.3 is 5.97 Å². The molecule has 0 amide bonds. The number of alkyl halides is 2. The minimum absolute atomic E-state index is 0.0519. The molecule has 0 spiro atoms. The van der Waals surface area contributed by atoms with E-state index in [0.717, 1.165) is 22.3 Å². The normalized spacial score (nSPS) is 17.9. The molecule has 1 aliphatic heterocycles. The van der Waals surface area contributed by atoms with Crippen LogP contribution >= 0.6 is 11.3 Å². The highest BCUT2D eigenvalue weighted by Gasteiger charge is 2.36. The molecule has 0 radical (unpaired) electrons. The molecule has 7 nitrogen and oxygen atoms in total. The van der Waals surface area contributed by atoms with Crippen molar-refractivity contribution in [2.45, 2.75) is 65.1 Å². The summed E-state index contributed by atoms with van der Waals surface area (Å²) < 4.78 is 32.9. The van der Waals surface area contributed by atoms with Crippen molar-refractivity contribution in [2.24, 2.45) is 0 Å². The molecule has 27 heavy (non-hydrogen) atoms. The number of aromatic nitrogens is 3. The molecule has 10 heteroatoms. The predicted octanol–water partition coefficient (Wildman–Crippen LogP) is 3.12. The molecule has 1 unspecified atom stereocenters. The number of carbonyl (C=O) groups excluding carboxylic acids is 1. The van der Waals surface area contributed by atoms with Crippen LogP contribution in [0.1, 0.15) is 52.8 Å². The Balaban J connectivity index is 2.01. The maximum Gasteiger partial charge on any atom is 0.329 e. The second kappa shape index (κ2) is 7.14. The Morgan fingerprint density at radius 3 is 2.67 bits per heavy atom. The van der Waals surface area contributed by atoms with Crippen molar-refractivity contribution >= 4 is 32.8 Å². The van der Waals surface area contributed by atoms with Crippen LogP contribution in [0, 0.1) is 0 Å². The molecule has 0 saturated carbocycles. The van der Waals surface area contributed by atoms with Crippen LogP contribution in [0.2, 0.25) is 0 Å². The van der Waals surface area contributed by atoms with Gasteiger partial charge in [-0.15, -0.1) is 0 Å². The summed E-state index contributed by atoms with van der Waals surface area (Å²) >= 11 is 1.05.